The molecule has 1 aromatic heterocycles. The van der Waals surface area contributed by atoms with Crippen molar-refractivity contribution in [3.63, 3.8) is 0 Å². The molecule has 3 aromatic rings. The van der Waals surface area contributed by atoms with Gasteiger partial charge in [-0.25, -0.2) is 0 Å². The van der Waals surface area contributed by atoms with Crippen molar-refractivity contribution in [1.82, 2.24) is 5.32 Å². The van der Waals surface area contributed by atoms with Crippen molar-refractivity contribution in [3.8, 4) is 5.75 Å². The van der Waals surface area contributed by atoms with Crippen LogP contribution in [0, 0.1) is 6.92 Å². The van der Waals surface area contributed by atoms with Gasteiger partial charge < -0.3 is 14.5 Å². The molecule has 25 heavy (non-hydrogen) atoms. The highest BCUT2D eigenvalue weighted by atomic mass is 16.5. The van der Waals surface area contributed by atoms with Crippen LogP contribution in [-0.4, -0.2) is 19.1 Å². The predicted molar refractivity (Wildman–Crippen MR) is 99.0 cm³/mol. The minimum absolute atomic E-state index is 0.0323. The molecule has 0 aliphatic heterocycles. The molecule has 0 saturated heterocycles. The first-order chi connectivity index (χ1) is 12.2. The molecule has 0 spiro atoms. The molecule has 130 valence electrons. The van der Waals surface area contributed by atoms with Crippen molar-refractivity contribution in [3.05, 3.63) is 65.4 Å². The molecule has 1 amide bonds. The molecule has 0 saturated carbocycles. The number of carbonyl (C=O) groups is 1. The fourth-order valence-electron chi connectivity index (χ4n) is 2.78. The minimum Gasteiger partial charge on any atom is -0.492 e. The Morgan fingerprint density at radius 2 is 2.08 bits per heavy atom. The number of hydrogen-bond donors (Lipinski definition) is 1. The summed E-state index contributed by atoms with van der Waals surface area (Å²) in [6.07, 6.45) is 2.95. The Labute approximate surface area is 147 Å². The largest absolute Gasteiger partial charge is 0.492 e. The molecule has 1 N–H and O–H groups in total. The monoisotopic (exact) mass is 337 g/mol. The van der Waals surface area contributed by atoms with E-state index >= 15 is 0 Å². The van der Waals surface area contributed by atoms with E-state index in [1.54, 1.807) is 6.26 Å². The maximum Gasteiger partial charge on any atom is 0.224 e. The summed E-state index contributed by atoms with van der Waals surface area (Å²) in [5, 5.41) is 3.89. The number of hydrogen-bond acceptors (Lipinski definition) is 3. The molecule has 0 atom stereocenters. The quantitative estimate of drug-likeness (QED) is 0.662. The number of ether oxygens (including phenoxy) is 1. The van der Waals surface area contributed by atoms with Crippen LogP contribution in [-0.2, 0) is 17.6 Å². The molecule has 0 bridgehead atoms. The summed E-state index contributed by atoms with van der Waals surface area (Å²) in [5.74, 6) is 0.789. The number of carbonyl (C=O) groups excluding carboxylic acids is 1. The van der Waals surface area contributed by atoms with Crippen LogP contribution in [0.4, 0.5) is 0 Å². The van der Waals surface area contributed by atoms with E-state index in [4.69, 9.17) is 9.15 Å². The molecular formula is C21H23NO3. The van der Waals surface area contributed by atoms with Gasteiger partial charge in [0.25, 0.3) is 0 Å². The number of benzene rings is 2. The lowest BCUT2D eigenvalue weighted by Gasteiger charge is -2.08. The molecular weight excluding hydrogens is 314 g/mol. The Morgan fingerprint density at radius 1 is 1.20 bits per heavy atom. The first-order valence-corrected chi connectivity index (χ1v) is 8.61. The van der Waals surface area contributed by atoms with Crippen LogP contribution in [0.1, 0.15) is 23.6 Å². The molecule has 1 heterocycles. The first kappa shape index (κ1) is 17.1. The van der Waals surface area contributed by atoms with Gasteiger partial charge in [0, 0.05) is 10.9 Å². The average Bonchev–Trinajstić information content (AvgIpc) is 3.01. The van der Waals surface area contributed by atoms with Gasteiger partial charge in [-0.3, -0.25) is 4.79 Å². The normalized spacial score (nSPS) is 10.8. The van der Waals surface area contributed by atoms with Crippen molar-refractivity contribution >= 4 is 16.9 Å². The van der Waals surface area contributed by atoms with E-state index < -0.39 is 0 Å². The van der Waals surface area contributed by atoms with Crippen molar-refractivity contribution in [2.24, 2.45) is 0 Å². The Hall–Kier alpha value is -2.75. The fourth-order valence-corrected chi connectivity index (χ4v) is 2.78. The molecule has 0 aliphatic carbocycles. The Bertz CT molecular complexity index is 866. The van der Waals surface area contributed by atoms with Crippen LogP contribution in [0.15, 0.2) is 53.1 Å². The molecule has 3 rings (SSSR count). The Balaban J connectivity index is 1.49. The average molecular weight is 337 g/mol. The van der Waals surface area contributed by atoms with Crippen LogP contribution in [0.2, 0.25) is 0 Å². The van der Waals surface area contributed by atoms with E-state index in [0.717, 1.165) is 34.3 Å². The lowest BCUT2D eigenvalue weighted by atomic mass is 10.1. The summed E-state index contributed by atoms with van der Waals surface area (Å²) < 4.78 is 11.2. The van der Waals surface area contributed by atoms with Gasteiger partial charge in [0.05, 0.1) is 19.2 Å². The van der Waals surface area contributed by atoms with Crippen molar-refractivity contribution < 1.29 is 13.9 Å². The zero-order valence-corrected chi connectivity index (χ0v) is 14.7. The van der Waals surface area contributed by atoms with Gasteiger partial charge in [-0.2, -0.15) is 0 Å². The highest BCUT2D eigenvalue weighted by molar-refractivity contribution is 5.87. The lowest BCUT2D eigenvalue weighted by Crippen LogP contribution is -2.29. The molecule has 0 fully saturated rings. The molecule has 0 radical (unpaired) electrons. The van der Waals surface area contributed by atoms with Gasteiger partial charge in [0.1, 0.15) is 17.9 Å². The second-order valence-corrected chi connectivity index (χ2v) is 6.14. The van der Waals surface area contributed by atoms with E-state index in [0.29, 0.717) is 19.6 Å². The van der Waals surface area contributed by atoms with Crippen molar-refractivity contribution in [1.29, 1.82) is 0 Å². The van der Waals surface area contributed by atoms with Gasteiger partial charge in [-0.05, 0) is 42.7 Å². The Morgan fingerprint density at radius 3 is 2.88 bits per heavy atom. The zero-order chi connectivity index (χ0) is 17.6. The number of amides is 1. The second kappa shape index (κ2) is 7.88. The van der Waals surface area contributed by atoms with E-state index in [9.17, 15) is 4.79 Å². The minimum atomic E-state index is -0.0323. The smallest absolute Gasteiger partial charge is 0.224 e. The lowest BCUT2D eigenvalue weighted by molar-refractivity contribution is -0.120. The van der Waals surface area contributed by atoms with Crippen molar-refractivity contribution in [2.45, 2.75) is 26.7 Å². The van der Waals surface area contributed by atoms with Crippen LogP contribution in [0.25, 0.3) is 11.0 Å². The van der Waals surface area contributed by atoms with E-state index in [1.165, 1.54) is 5.56 Å². The summed E-state index contributed by atoms with van der Waals surface area (Å²) in [6, 6.07) is 14.0. The van der Waals surface area contributed by atoms with Gasteiger partial charge in [0.2, 0.25) is 5.91 Å². The number of nitrogens with one attached hydrogen (secondary N) is 1. The third kappa shape index (κ3) is 4.41. The number of fused-ring (bicyclic) bond motifs is 1. The maximum atomic E-state index is 12.1. The van der Waals surface area contributed by atoms with Gasteiger partial charge in [0.15, 0.2) is 0 Å². The summed E-state index contributed by atoms with van der Waals surface area (Å²) in [6.45, 7) is 5.05. The second-order valence-electron chi connectivity index (χ2n) is 6.14. The summed E-state index contributed by atoms with van der Waals surface area (Å²) in [7, 11) is 0. The topological polar surface area (TPSA) is 51.5 Å². The van der Waals surface area contributed by atoms with E-state index in [-0.39, 0.29) is 5.91 Å². The van der Waals surface area contributed by atoms with Gasteiger partial charge in [-0.1, -0.05) is 31.2 Å². The van der Waals surface area contributed by atoms with Crippen LogP contribution in [0.3, 0.4) is 0 Å². The number of aryl methyl sites for hydroxylation is 2. The van der Waals surface area contributed by atoms with Gasteiger partial charge >= 0.3 is 0 Å². The molecule has 4 nitrogen and oxygen atoms in total. The fraction of sp³-hybridized carbons (Fsp3) is 0.286. The van der Waals surface area contributed by atoms with E-state index in [2.05, 4.69) is 18.3 Å². The van der Waals surface area contributed by atoms with E-state index in [1.807, 2.05) is 43.3 Å². The maximum absolute atomic E-state index is 12.1. The van der Waals surface area contributed by atoms with Crippen LogP contribution < -0.4 is 10.1 Å². The van der Waals surface area contributed by atoms with Crippen LogP contribution in [0.5, 0.6) is 5.75 Å². The summed E-state index contributed by atoms with van der Waals surface area (Å²) >= 11 is 0. The van der Waals surface area contributed by atoms with Crippen molar-refractivity contribution in [2.75, 3.05) is 13.2 Å². The Kier molecular flexibility index (Phi) is 5.39. The summed E-state index contributed by atoms with van der Waals surface area (Å²) in [4.78, 5) is 12.1. The third-order valence-electron chi connectivity index (χ3n) is 4.16. The van der Waals surface area contributed by atoms with Crippen LogP contribution >= 0.6 is 0 Å². The number of rotatable bonds is 7. The highest BCUT2D eigenvalue weighted by Crippen LogP contribution is 2.23. The SMILES string of the molecule is CCc1ccc2c(CC(=O)NCCOc3cccc(C)c3)coc2c1. The molecule has 2 aromatic carbocycles. The summed E-state index contributed by atoms with van der Waals surface area (Å²) in [5.41, 5.74) is 4.13. The molecule has 0 unspecified atom stereocenters. The number of furan rings is 1. The molecule has 4 heteroatoms. The molecule has 0 aliphatic rings. The highest BCUT2D eigenvalue weighted by Gasteiger charge is 2.10. The van der Waals surface area contributed by atoms with Gasteiger partial charge in [-0.15, -0.1) is 0 Å². The standard InChI is InChI=1S/C21H23NO3/c1-3-16-7-8-19-17(14-25-20(19)12-16)13-21(23)22-9-10-24-18-6-4-5-15(2)11-18/h4-8,11-12,14H,3,9-10,13H2,1-2H3,(H,22,23). The first-order valence-electron chi connectivity index (χ1n) is 8.61. The third-order valence-corrected chi connectivity index (χ3v) is 4.16. The zero-order valence-electron chi connectivity index (χ0n) is 14.7. The predicted octanol–water partition coefficient (Wildman–Crippen LogP) is 4.04.